The zero-order chi connectivity index (χ0) is 17.3. The molecule has 0 aromatic carbocycles. The van der Waals surface area contributed by atoms with E-state index >= 15 is 0 Å². The number of amides is 1. The third-order valence-corrected chi connectivity index (χ3v) is 5.70. The minimum atomic E-state index is -0.0541. The van der Waals surface area contributed by atoms with Gasteiger partial charge in [-0.15, -0.1) is 11.3 Å². The molecule has 1 aliphatic heterocycles. The van der Waals surface area contributed by atoms with Crippen molar-refractivity contribution < 1.29 is 9.53 Å². The van der Waals surface area contributed by atoms with Crippen molar-refractivity contribution in [2.24, 2.45) is 0 Å². The molecule has 1 unspecified atom stereocenters. The standard InChI is InChI=1S/C18H25N3O2S/c1-11-9-16(14(4)24-11)12(2)20-18(22)17-10-19-21(13(17)3)15-5-7-23-8-6-15/h9-10,12,15H,5-8H2,1-4H3,(H,20,22). The van der Waals surface area contributed by atoms with Crippen LogP contribution in [0.15, 0.2) is 12.3 Å². The largest absolute Gasteiger partial charge is 0.381 e. The van der Waals surface area contributed by atoms with Crippen LogP contribution in [0.4, 0.5) is 0 Å². The van der Waals surface area contributed by atoms with E-state index in [-0.39, 0.29) is 11.9 Å². The van der Waals surface area contributed by atoms with Gasteiger partial charge in [-0.25, -0.2) is 0 Å². The van der Waals surface area contributed by atoms with E-state index in [4.69, 9.17) is 4.74 Å². The van der Waals surface area contributed by atoms with E-state index in [0.29, 0.717) is 11.6 Å². The fourth-order valence-corrected chi connectivity index (χ4v) is 4.40. The Hall–Kier alpha value is -1.66. The normalized spacial score (nSPS) is 17.0. The zero-order valence-electron chi connectivity index (χ0n) is 14.8. The van der Waals surface area contributed by atoms with Crippen molar-refractivity contribution in [2.45, 2.75) is 52.6 Å². The maximum Gasteiger partial charge on any atom is 0.255 e. The summed E-state index contributed by atoms with van der Waals surface area (Å²) in [6.07, 6.45) is 3.60. The van der Waals surface area contributed by atoms with E-state index in [9.17, 15) is 4.79 Å². The highest BCUT2D eigenvalue weighted by atomic mass is 32.1. The molecule has 3 heterocycles. The van der Waals surface area contributed by atoms with Gasteiger partial charge in [0.25, 0.3) is 5.91 Å². The van der Waals surface area contributed by atoms with Crippen LogP contribution in [-0.4, -0.2) is 28.9 Å². The van der Waals surface area contributed by atoms with E-state index < -0.39 is 0 Å². The predicted molar refractivity (Wildman–Crippen MR) is 95.7 cm³/mol. The molecule has 1 N–H and O–H groups in total. The van der Waals surface area contributed by atoms with Crippen molar-refractivity contribution >= 4 is 17.2 Å². The topological polar surface area (TPSA) is 56.2 Å². The number of carbonyl (C=O) groups is 1. The number of aromatic nitrogens is 2. The van der Waals surface area contributed by atoms with Crippen LogP contribution in [0.3, 0.4) is 0 Å². The molecule has 5 nitrogen and oxygen atoms in total. The number of thiophene rings is 1. The van der Waals surface area contributed by atoms with Gasteiger partial charge in [0.1, 0.15) is 0 Å². The van der Waals surface area contributed by atoms with E-state index in [1.54, 1.807) is 17.5 Å². The Kier molecular flexibility index (Phi) is 5.06. The van der Waals surface area contributed by atoms with Crippen LogP contribution in [-0.2, 0) is 4.74 Å². The molecule has 0 aliphatic carbocycles. The SMILES string of the molecule is Cc1cc(C(C)NC(=O)c2cnn(C3CCOCC3)c2C)c(C)s1. The summed E-state index contributed by atoms with van der Waals surface area (Å²) in [5.41, 5.74) is 2.79. The molecule has 130 valence electrons. The van der Waals surface area contributed by atoms with E-state index in [1.807, 2.05) is 18.5 Å². The summed E-state index contributed by atoms with van der Waals surface area (Å²) >= 11 is 1.77. The Bertz CT molecular complexity index is 729. The molecule has 3 rings (SSSR count). The zero-order valence-corrected chi connectivity index (χ0v) is 15.6. The smallest absolute Gasteiger partial charge is 0.255 e. The van der Waals surface area contributed by atoms with Crippen molar-refractivity contribution in [1.82, 2.24) is 15.1 Å². The predicted octanol–water partition coefficient (Wildman–Crippen LogP) is 3.71. The summed E-state index contributed by atoms with van der Waals surface area (Å²) in [7, 11) is 0. The van der Waals surface area contributed by atoms with Gasteiger partial charge in [-0.2, -0.15) is 5.10 Å². The van der Waals surface area contributed by atoms with Gasteiger partial charge in [-0.05, 0) is 52.2 Å². The van der Waals surface area contributed by atoms with Gasteiger partial charge in [0.15, 0.2) is 0 Å². The van der Waals surface area contributed by atoms with Gasteiger partial charge in [-0.1, -0.05) is 0 Å². The molecule has 24 heavy (non-hydrogen) atoms. The van der Waals surface area contributed by atoms with E-state index in [1.165, 1.54) is 15.3 Å². The number of rotatable bonds is 4. The molecular weight excluding hydrogens is 322 g/mol. The van der Waals surface area contributed by atoms with Gasteiger partial charge in [0.05, 0.1) is 23.8 Å². The molecule has 0 radical (unpaired) electrons. The van der Waals surface area contributed by atoms with Crippen LogP contribution in [0, 0.1) is 20.8 Å². The van der Waals surface area contributed by atoms with Crippen molar-refractivity contribution in [3.8, 4) is 0 Å². The van der Waals surface area contributed by atoms with Crippen LogP contribution in [0.2, 0.25) is 0 Å². The second kappa shape index (κ2) is 7.07. The lowest BCUT2D eigenvalue weighted by molar-refractivity contribution is 0.0656. The Balaban J connectivity index is 1.73. The Morgan fingerprint density at radius 1 is 1.38 bits per heavy atom. The minimum absolute atomic E-state index is 0.00622. The lowest BCUT2D eigenvalue weighted by Crippen LogP contribution is -2.27. The Labute approximate surface area is 147 Å². The van der Waals surface area contributed by atoms with Gasteiger partial charge < -0.3 is 10.1 Å². The monoisotopic (exact) mass is 347 g/mol. The molecule has 1 aliphatic rings. The summed E-state index contributed by atoms with van der Waals surface area (Å²) in [6.45, 7) is 9.73. The van der Waals surface area contributed by atoms with Crippen LogP contribution >= 0.6 is 11.3 Å². The lowest BCUT2D eigenvalue weighted by atomic mass is 10.1. The van der Waals surface area contributed by atoms with E-state index in [0.717, 1.165) is 31.7 Å². The second-order valence-electron chi connectivity index (χ2n) is 6.50. The third kappa shape index (κ3) is 3.39. The second-order valence-corrected chi connectivity index (χ2v) is 7.96. The molecule has 0 spiro atoms. The number of nitrogens with zero attached hydrogens (tertiary/aromatic N) is 2. The molecule has 0 saturated carbocycles. The van der Waals surface area contributed by atoms with Crippen LogP contribution in [0.5, 0.6) is 0 Å². The maximum absolute atomic E-state index is 12.7. The lowest BCUT2D eigenvalue weighted by Gasteiger charge is -2.23. The van der Waals surface area contributed by atoms with Crippen LogP contribution in [0.1, 0.15) is 63.2 Å². The van der Waals surface area contributed by atoms with E-state index in [2.05, 4.69) is 30.3 Å². The highest BCUT2D eigenvalue weighted by Crippen LogP contribution is 2.27. The Morgan fingerprint density at radius 3 is 2.71 bits per heavy atom. The summed E-state index contributed by atoms with van der Waals surface area (Å²) in [5.74, 6) is -0.0541. The van der Waals surface area contributed by atoms with Crippen LogP contribution in [0.25, 0.3) is 0 Å². The molecule has 1 atom stereocenters. The van der Waals surface area contributed by atoms with Gasteiger partial charge >= 0.3 is 0 Å². The summed E-state index contributed by atoms with van der Waals surface area (Å²) in [6, 6.07) is 2.48. The van der Waals surface area contributed by atoms with Crippen molar-refractivity contribution in [3.05, 3.63) is 38.8 Å². The number of carbonyl (C=O) groups excluding carboxylic acids is 1. The van der Waals surface area contributed by atoms with Crippen LogP contribution < -0.4 is 5.32 Å². The molecule has 0 bridgehead atoms. The average molecular weight is 347 g/mol. The first kappa shape index (κ1) is 17.2. The maximum atomic E-state index is 12.7. The quantitative estimate of drug-likeness (QED) is 0.917. The third-order valence-electron chi connectivity index (χ3n) is 4.72. The fourth-order valence-electron chi connectivity index (χ4n) is 3.38. The van der Waals surface area contributed by atoms with Gasteiger partial charge in [0.2, 0.25) is 0 Å². The van der Waals surface area contributed by atoms with Gasteiger partial charge in [0, 0.05) is 28.7 Å². The minimum Gasteiger partial charge on any atom is -0.381 e. The highest BCUT2D eigenvalue weighted by Gasteiger charge is 2.23. The molecule has 2 aromatic heterocycles. The molecule has 1 fully saturated rings. The number of hydrogen-bond acceptors (Lipinski definition) is 4. The molecule has 6 heteroatoms. The average Bonchev–Trinajstić information content (AvgIpc) is 3.10. The number of nitrogens with one attached hydrogen (secondary N) is 1. The summed E-state index contributed by atoms with van der Waals surface area (Å²) < 4.78 is 7.40. The fraction of sp³-hybridized carbons (Fsp3) is 0.556. The number of ether oxygens (including phenoxy) is 1. The van der Waals surface area contributed by atoms with Crippen molar-refractivity contribution in [1.29, 1.82) is 0 Å². The summed E-state index contributed by atoms with van der Waals surface area (Å²) in [4.78, 5) is 15.2. The summed E-state index contributed by atoms with van der Waals surface area (Å²) in [5, 5.41) is 7.58. The first-order chi connectivity index (χ1) is 11.5. The van der Waals surface area contributed by atoms with Crippen molar-refractivity contribution in [2.75, 3.05) is 13.2 Å². The molecule has 2 aromatic rings. The van der Waals surface area contributed by atoms with Gasteiger partial charge in [-0.3, -0.25) is 9.48 Å². The first-order valence-corrected chi connectivity index (χ1v) is 9.28. The molecule has 1 amide bonds. The van der Waals surface area contributed by atoms with Crippen molar-refractivity contribution in [3.63, 3.8) is 0 Å². The highest BCUT2D eigenvalue weighted by molar-refractivity contribution is 7.12. The number of aryl methyl sites for hydroxylation is 2. The molecular formula is C18H25N3O2S. The molecule has 1 saturated heterocycles. The number of hydrogen-bond donors (Lipinski definition) is 1. The Morgan fingerprint density at radius 2 is 2.08 bits per heavy atom. The first-order valence-electron chi connectivity index (χ1n) is 8.47.